The second-order valence-electron chi connectivity index (χ2n) is 3.04. The third kappa shape index (κ3) is 1.94. The molecule has 86 valence electrons. The number of aromatic nitrogens is 6. The minimum atomic E-state index is 0.550. The van der Waals surface area contributed by atoms with Gasteiger partial charge in [-0.2, -0.15) is 10.1 Å². The summed E-state index contributed by atoms with van der Waals surface area (Å²) in [6.45, 7) is 0. The summed E-state index contributed by atoms with van der Waals surface area (Å²) in [4.78, 5) is 8.64. The Morgan fingerprint density at radius 2 is 2.35 bits per heavy atom. The van der Waals surface area contributed by atoms with Crippen molar-refractivity contribution in [2.45, 2.75) is 9.37 Å². The summed E-state index contributed by atoms with van der Waals surface area (Å²) in [7, 11) is 1.77. The lowest BCUT2D eigenvalue weighted by Gasteiger charge is -2.02. The van der Waals surface area contributed by atoms with E-state index in [-0.39, 0.29) is 0 Å². The molecule has 9 heteroatoms. The van der Waals surface area contributed by atoms with E-state index in [9.17, 15) is 0 Å². The van der Waals surface area contributed by atoms with Crippen LogP contribution in [0.25, 0.3) is 11.0 Å². The smallest absolute Gasteiger partial charge is 0.225 e. The van der Waals surface area contributed by atoms with Gasteiger partial charge < -0.3 is 5.32 Å². The van der Waals surface area contributed by atoms with Crippen LogP contribution in [0.4, 0.5) is 5.95 Å². The monoisotopic (exact) mass is 265 g/mol. The van der Waals surface area contributed by atoms with Crippen molar-refractivity contribution in [2.24, 2.45) is 0 Å². The summed E-state index contributed by atoms with van der Waals surface area (Å²) < 4.78 is 0.841. The van der Waals surface area contributed by atoms with Crippen LogP contribution in [0.15, 0.2) is 21.1 Å². The van der Waals surface area contributed by atoms with Gasteiger partial charge in [0.15, 0.2) is 9.99 Å². The lowest BCUT2D eigenvalue weighted by Crippen LogP contribution is -1.97. The highest BCUT2D eigenvalue weighted by Gasteiger charge is 2.11. The van der Waals surface area contributed by atoms with Crippen molar-refractivity contribution >= 4 is 40.1 Å². The molecule has 0 spiro atoms. The van der Waals surface area contributed by atoms with Crippen LogP contribution in [0, 0.1) is 0 Å². The molecule has 0 aromatic carbocycles. The first kappa shape index (κ1) is 10.4. The topological polar surface area (TPSA) is 92.3 Å². The standard InChI is InChI=1S/C8H7N7S2/c1-9-7-12-5-4(2-10-14-5)6(13-7)17-8-15-11-3-16-8/h2-3H,1H3,(H2,9,10,12,13,14). The summed E-state index contributed by atoms with van der Waals surface area (Å²) in [5.41, 5.74) is 2.39. The molecule has 3 heterocycles. The van der Waals surface area contributed by atoms with Gasteiger partial charge in [0, 0.05) is 7.05 Å². The summed E-state index contributed by atoms with van der Waals surface area (Å²) in [5.74, 6) is 0.550. The number of fused-ring (bicyclic) bond motifs is 1. The molecule has 7 nitrogen and oxygen atoms in total. The van der Waals surface area contributed by atoms with Crippen molar-refractivity contribution in [3.8, 4) is 0 Å². The Morgan fingerprint density at radius 1 is 1.41 bits per heavy atom. The minimum Gasteiger partial charge on any atom is -0.357 e. The Morgan fingerprint density at radius 3 is 3.12 bits per heavy atom. The molecule has 0 saturated heterocycles. The fourth-order valence-electron chi connectivity index (χ4n) is 1.29. The summed E-state index contributed by atoms with van der Waals surface area (Å²) >= 11 is 2.92. The van der Waals surface area contributed by atoms with Crippen LogP contribution in [0.5, 0.6) is 0 Å². The lowest BCUT2D eigenvalue weighted by atomic mass is 10.4. The zero-order valence-corrected chi connectivity index (χ0v) is 10.3. The first-order valence-electron chi connectivity index (χ1n) is 4.69. The maximum Gasteiger partial charge on any atom is 0.225 e. The van der Waals surface area contributed by atoms with E-state index in [1.807, 2.05) is 0 Å². The summed E-state index contributed by atoms with van der Waals surface area (Å²) in [6, 6.07) is 0. The molecule has 2 N–H and O–H groups in total. The Hall–Kier alpha value is -1.74. The zero-order chi connectivity index (χ0) is 11.7. The van der Waals surface area contributed by atoms with Crippen molar-refractivity contribution < 1.29 is 0 Å². The van der Waals surface area contributed by atoms with Crippen molar-refractivity contribution in [3.05, 3.63) is 11.7 Å². The van der Waals surface area contributed by atoms with Crippen molar-refractivity contribution in [2.75, 3.05) is 12.4 Å². The van der Waals surface area contributed by atoms with E-state index >= 15 is 0 Å². The molecule has 17 heavy (non-hydrogen) atoms. The Kier molecular flexibility index (Phi) is 2.61. The van der Waals surface area contributed by atoms with E-state index in [0.29, 0.717) is 11.6 Å². The molecular weight excluding hydrogens is 258 g/mol. The third-order valence-corrected chi connectivity index (χ3v) is 3.80. The van der Waals surface area contributed by atoms with Gasteiger partial charge in [-0.15, -0.1) is 10.2 Å². The fourth-order valence-corrected chi connectivity index (χ4v) is 2.77. The molecule has 3 aromatic heterocycles. The van der Waals surface area contributed by atoms with Crippen LogP contribution in [0.2, 0.25) is 0 Å². The van der Waals surface area contributed by atoms with E-state index in [1.165, 1.54) is 23.1 Å². The first-order valence-corrected chi connectivity index (χ1v) is 6.39. The first-order chi connectivity index (χ1) is 8.36. The second-order valence-corrected chi connectivity index (χ2v) is 5.11. The Balaban J connectivity index is 2.10. The molecule has 0 fully saturated rings. The van der Waals surface area contributed by atoms with Gasteiger partial charge in [-0.3, -0.25) is 5.10 Å². The predicted octanol–water partition coefficient (Wildman–Crippen LogP) is 1.40. The number of H-pyrrole nitrogens is 1. The molecule has 3 aromatic rings. The molecule has 0 bridgehead atoms. The van der Waals surface area contributed by atoms with Gasteiger partial charge >= 0.3 is 0 Å². The third-order valence-electron chi connectivity index (χ3n) is 2.02. The number of nitrogens with zero attached hydrogens (tertiary/aromatic N) is 5. The lowest BCUT2D eigenvalue weighted by molar-refractivity contribution is 1.01. The summed E-state index contributed by atoms with van der Waals surface area (Å²) in [5, 5.41) is 19.2. The number of hydrogen-bond donors (Lipinski definition) is 2. The Labute approximate surface area is 104 Å². The molecule has 3 rings (SSSR count). The Bertz CT molecular complexity index is 632. The van der Waals surface area contributed by atoms with Gasteiger partial charge in [0.1, 0.15) is 10.5 Å². The molecule has 0 unspecified atom stereocenters. The molecule has 0 aliphatic rings. The molecule has 0 saturated carbocycles. The van der Waals surface area contributed by atoms with Crippen molar-refractivity contribution in [1.29, 1.82) is 0 Å². The maximum atomic E-state index is 4.39. The molecule has 0 atom stereocenters. The molecule has 0 radical (unpaired) electrons. The number of hydrogen-bond acceptors (Lipinski definition) is 8. The van der Waals surface area contributed by atoms with Gasteiger partial charge in [0.25, 0.3) is 0 Å². The summed E-state index contributed by atoms with van der Waals surface area (Å²) in [6.07, 6.45) is 1.71. The van der Waals surface area contributed by atoms with Crippen LogP contribution in [0.1, 0.15) is 0 Å². The van der Waals surface area contributed by atoms with Crippen LogP contribution in [0.3, 0.4) is 0 Å². The van der Waals surface area contributed by atoms with Crippen LogP contribution >= 0.6 is 23.1 Å². The number of aromatic amines is 1. The average molecular weight is 265 g/mol. The molecular formula is C8H7N7S2. The van der Waals surface area contributed by atoms with Crippen LogP contribution < -0.4 is 5.32 Å². The minimum absolute atomic E-state index is 0.550. The van der Waals surface area contributed by atoms with E-state index in [4.69, 9.17) is 0 Å². The van der Waals surface area contributed by atoms with E-state index < -0.39 is 0 Å². The SMILES string of the molecule is CNc1nc(Sc2nncs2)c2cn[nH]c2n1. The van der Waals surface area contributed by atoms with Crippen LogP contribution in [-0.2, 0) is 0 Å². The van der Waals surface area contributed by atoms with Crippen molar-refractivity contribution in [1.82, 2.24) is 30.4 Å². The van der Waals surface area contributed by atoms with E-state index in [2.05, 4.69) is 35.7 Å². The largest absolute Gasteiger partial charge is 0.357 e. The van der Waals surface area contributed by atoms with E-state index in [1.54, 1.807) is 18.8 Å². The maximum absolute atomic E-state index is 4.39. The highest BCUT2D eigenvalue weighted by molar-refractivity contribution is 8.01. The van der Waals surface area contributed by atoms with Gasteiger partial charge in [-0.1, -0.05) is 11.3 Å². The average Bonchev–Trinajstić information content (AvgIpc) is 2.98. The number of anilines is 1. The predicted molar refractivity (Wildman–Crippen MR) is 65.3 cm³/mol. The fraction of sp³-hybridized carbons (Fsp3) is 0.125. The van der Waals surface area contributed by atoms with Crippen LogP contribution in [-0.4, -0.2) is 37.4 Å². The quantitative estimate of drug-likeness (QED) is 0.691. The van der Waals surface area contributed by atoms with Gasteiger partial charge in [0.05, 0.1) is 11.6 Å². The number of nitrogens with one attached hydrogen (secondary N) is 2. The highest BCUT2D eigenvalue weighted by atomic mass is 32.2. The zero-order valence-electron chi connectivity index (χ0n) is 8.71. The van der Waals surface area contributed by atoms with Gasteiger partial charge in [-0.25, -0.2) is 4.98 Å². The molecule has 0 aliphatic heterocycles. The van der Waals surface area contributed by atoms with Gasteiger partial charge in [0.2, 0.25) is 5.95 Å². The van der Waals surface area contributed by atoms with E-state index in [0.717, 1.165) is 14.8 Å². The normalized spacial score (nSPS) is 10.9. The molecule has 0 amide bonds. The highest BCUT2D eigenvalue weighted by Crippen LogP contribution is 2.31. The number of rotatable bonds is 3. The molecule has 0 aliphatic carbocycles. The second kappa shape index (κ2) is 4.26. The van der Waals surface area contributed by atoms with Gasteiger partial charge in [-0.05, 0) is 11.8 Å². The van der Waals surface area contributed by atoms with Crippen molar-refractivity contribution in [3.63, 3.8) is 0 Å².